The predicted octanol–water partition coefficient (Wildman–Crippen LogP) is 1.73. The molecule has 0 aliphatic rings. The quantitative estimate of drug-likeness (QED) is 0.685. The zero-order chi connectivity index (χ0) is 11.8. The summed E-state index contributed by atoms with van der Waals surface area (Å²) in [5.74, 6) is 0. The summed E-state index contributed by atoms with van der Waals surface area (Å²) in [5, 5.41) is 7.81. The molecule has 0 saturated carbocycles. The monoisotopic (exact) mass is 225 g/mol. The van der Waals surface area contributed by atoms with Crippen LogP contribution in [0.5, 0.6) is 0 Å². The number of hydrogen-bond acceptors (Lipinski definition) is 3. The lowest BCUT2D eigenvalue weighted by Gasteiger charge is -2.03. The molecule has 0 radical (unpaired) electrons. The van der Waals surface area contributed by atoms with Crippen LogP contribution >= 0.6 is 0 Å². The lowest BCUT2D eigenvalue weighted by atomic mass is 10.2. The maximum Gasteiger partial charge on any atom is 0.0638 e. The highest BCUT2D eigenvalue weighted by molar-refractivity contribution is 5.14. The van der Waals surface area contributed by atoms with Gasteiger partial charge >= 0.3 is 0 Å². The molecule has 1 aromatic rings. The van der Waals surface area contributed by atoms with Crippen molar-refractivity contribution in [3.05, 3.63) is 17.5 Å². The minimum absolute atomic E-state index is 0.808. The van der Waals surface area contributed by atoms with Gasteiger partial charge < -0.3 is 10.1 Å². The summed E-state index contributed by atoms with van der Waals surface area (Å²) in [6.45, 7) is 10.7. The molecule has 1 N–H and O–H groups in total. The van der Waals surface area contributed by atoms with Crippen LogP contribution in [0.3, 0.4) is 0 Å². The average Bonchev–Trinajstić information content (AvgIpc) is 2.65. The van der Waals surface area contributed by atoms with E-state index < -0.39 is 0 Å². The third-order valence-corrected chi connectivity index (χ3v) is 2.53. The minimum atomic E-state index is 0.808. The molecule has 16 heavy (non-hydrogen) atoms. The molecule has 0 aliphatic carbocycles. The Kier molecular flexibility index (Phi) is 6.11. The molecular weight excluding hydrogens is 202 g/mol. The first-order valence-electron chi connectivity index (χ1n) is 6.09. The Morgan fingerprint density at radius 3 is 2.88 bits per heavy atom. The predicted molar refractivity (Wildman–Crippen MR) is 65.5 cm³/mol. The Labute approximate surface area is 98.0 Å². The van der Waals surface area contributed by atoms with Crippen molar-refractivity contribution in [2.75, 3.05) is 19.8 Å². The molecule has 1 aromatic heterocycles. The topological polar surface area (TPSA) is 39.1 Å². The maximum absolute atomic E-state index is 5.27. The summed E-state index contributed by atoms with van der Waals surface area (Å²) in [5.41, 5.74) is 2.41. The Bertz CT molecular complexity index is 296. The van der Waals surface area contributed by atoms with E-state index in [0.29, 0.717) is 0 Å². The standard InChI is InChI=1S/C12H23N3O/c1-4-15-10-12(11(3)14-15)9-13-7-6-8-16-5-2/h10,13H,4-9H2,1-3H3. The van der Waals surface area contributed by atoms with Gasteiger partial charge in [-0.2, -0.15) is 5.10 Å². The molecule has 1 rings (SSSR count). The molecule has 0 saturated heterocycles. The van der Waals surface area contributed by atoms with Crippen molar-refractivity contribution in [2.24, 2.45) is 0 Å². The van der Waals surface area contributed by atoms with E-state index in [2.05, 4.69) is 30.5 Å². The van der Waals surface area contributed by atoms with Gasteiger partial charge in [0.2, 0.25) is 0 Å². The highest BCUT2D eigenvalue weighted by Crippen LogP contribution is 2.04. The molecule has 0 aromatic carbocycles. The lowest BCUT2D eigenvalue weighted by Crippen LogP contribution is -2.16. The van der Waals surface area contributed by atoms with E-state index in [1.54, 1.807) is 0 Å². The molecule has 0 amide bonds. The normalized spacial score (nSPS) is 10.9. The summed E-state index contributed by atoms with van der Waals surface area (Å²) in [4.78, 5) is 0. The fourth-order valence-electron chi connectivity index (χ4n) is 1.56. The minimum Gasteiger partial charge on any atom is -0.382 e. The van der Waals surface area contributed by atoms with Gasteiger partial charge in [0.25, 0.3) is 0 Å². The summed E-state index contributed by atoms with van der Waals surface area (Å²) < 4.78 is 7.25. The second-order valence-electron chi connectivity index (χ2n) is 3.82. The molecular formula is C12H23N3O. The van der Waals surface area contributed by atoms with Gasteiger partial charge in [-0.25, -0.2) is 0 Å². The second-order valence-corrected chi connectivity index (χ2v) is 3.82. The number of rotatable bonds is 8. The van der Waals surface area contributed by atoms with Gasteiger partial charge in [0, 0.05) is 38.1 Å². The number of nitrogens with one attached hydrogen (secondary N) is 1. The molecule has 0 aliphatic heterocycles. The van der Waals surface area contributed by atoms with Gasteiger partial charge in [-0.1, -0.05) is 0 Å². The first-order chi connectivity index (χ1) is 7.77. The van der Waals surface area contributed by atoms with Gasteiger partial charge in [-0.15, -0.1) is 0 Å². The molecule has 0 bridgehead atoms. The van der Waals surface area contributed by atoms with Crippen molar-refractivity contribution in [2.45, 2.75) is 40.3 Å². The summed E-state index contributed by atoms with van der Waals surface area (Å²) in [6.07, 6.45) is 3.18. The van der Waals surface area contributed by atoms with Crippen LogP contribution in [0, 0.1) is 6.92 Å². The summed E-state index contributed by atoms with van der Waals surface area (Å²) in [6, 6.07) is 0. The third kappa shape index (κ3) is 4.33. The fraction of sp³-hybridized carbons (Fsp3) is 0.750. The zero-order valence-electron chi connectivity index (χ0n) is 10.6. The van der Waals surface area contributed by atoms with Crippen molar-refractivity contribution < 1.29 is 4.74 Å². The smallest absolute Gasteiger partial charge is 0.0638 e. The Hall–Kier alpha value is -0.870. The van der Waals surface area contributed by atoms with Gasteiger partial charge in [-0.05, 0) is 33.7 Å². The van der Waals surface area contributed by atoms with Gasteiger partial charge in [-0.3, -0.25) is 4.68 Å². The molecule has 1 heterocycles. The van der Waals surface area contributed by atoms with Crippen LogP contribution < -0.4 is 5.32 Å². The molecule has 4 nitrogen and oxygen atoms in total. The van der Waals surface area contributed by atoms with Gasteiger partial charge in [0.1, 0.15) is 0 Å². The summed E-state index contributed by atoms with van der Waals surface area (Å²) >= 11 is 0. The number of aryl methyl sites for hydroxylation is 2. The van der Waals surface area contributed by atoms with E-state index in [-0.39, 0.29) is 0 Å². The average molecular weight is 225 g/mol. The van der Waals surface area contributed by atoms with E-state index in [4.69, 9.17) is 4.74 Å². The maximum atomic E-state index is 5.27. The summed E-state index contributed by atoms with van der Waals surface area (Å²) in [7, 11) is 0. The largest absolute Gasteiger partial charge is 0.382 e. The molecule has 0 spiro atoms. The van der Waals surface area contributed by atoms with Crippen LogP contribution in [-0.2, 0) is 17.8 Å². The van der Waals surface area contributed by atoms with Crippen LogP contribution in [0.1, 0.15) is 31.5 Å². The first-order valence-corrected chi connectivity index (χ1v) is 6.09. The number of hydrogen-bond donors (Lipinski definition) is 1. The van der Waals surface area contributed by atoms with E-state index in [9.17, 15) is 0 Å². The van der Waals surface area contributed by atoms with Crippen LogP contribution in [0.15, 0.2) is 6.20 Å². The highest BCUT2D eigenvalue weighted by Gasteiger charge is 2.02. The SMILES string of the molecule is CCOCCCNCc1cn(CC)nc1C. The van der Waals surface area contributed by atoms with Gasteiger partial charge in [0.05, 0.1) is 5.69 Å². The highest BCUT2D eigenvalue weighted by atomic mass is 16.5. The number of nitrogens with zero attached hydrogens (tertiary/aromatic N) is 2. The van der Waals surface area contributed by atoms with Crippen molar-refractivity contribution in [1.82, 2.24) is 15.1 Å². The van der Waals surface area contributed by atoms with Crippen molar-refractivity contribution in [3.63, 3.8) is 0 Å². The molecule has 0 unspecified atom stereocenters. The van der Waals surface area contributed by atoms with Crippen LogP contribution in [0.4, 0.5) is 0 Å². The molecule has 0 atom stereocenters. The van der Waals surface area contributed by atoms with Crippen molar-refractivity contribution >= 4 is 0 Å². The third-order valence-electron chi connectivity index (χ3n) is 2.53. The Balaban J connectivity index is 2.18. The lowest BCUT2D eigenvalue weighted by molar-refractivity contribution is 0.144. The van der Waals surface area contributed by atoms with Crippen molar-refractivity contribution in [1.29, 1.82) is 0 Å². The first kappa shape index (κ1) is 13.2. The zero-order valence-corrected chi connectivity index (χ0v) is 10.6. The van der Waals surface area contributed by atoms with E-state index in [0.717, 1.165) is 45.0 Å². The van der Waals surface area contributed by atoms with E-state index in [1.807, 2.05) is 11.6 Å². The van der Waals surface area contributed by atoms with Crippen LogP contribution in [-0.4, -0.2) is 29.5 Å². The fourth-order valence-corrected chi connectivity index (χ4v) is 1.56. The molecule has 0 fully saturated rings. The van der Waals surface area contributed by atoms with Crippen LogP contribution in [0.2, 0.25) is 0 Å². The molecule has 4 heteroatoms. The van der Waals surface area contributed by atoms with E-state index >= 15 is 0 Å². The number of ether oxygens (including phenoxy) is 1. The number of aromatic nitrogens is 2. The Morgan fingerprint density at radius 2 is 2.25 bits per heavy atom. The van der Waals surface area contributed by atoms with Gasteiger partial charge in [0.15, 0.2) is 0 Å². The van der Waals surface area contributed by atoms with Crippen LogP contribution in [0.25, 0.3) is 0 Å². The second kappa shape index (κ2) is 7.41. The van der Waals surface area contributed by atoms with Crippen molar-refractivity contribution in [3.8, 4) is 0 Å². The van der Waals surface area contributed by atoms with E-state index in [1.165, 1.54) is 5.56 Å². The Morgan fingerprint density at radius 1 is 1.44 bits per heavy atom. The molecule has 92 valence electrons.